The van der Waals surface area contributed by atoms with Crippen LogP contribution in [-0.2, 0) is 9.53 Å². The minimum atomic E-state index is -0.620. The molecule has 1 aliphatic carbocycles. The van der Waals surface area contributed by atoms with Crippen molar-refractivity contribution in [3.05, 3.63) is 0 Å². The first-order chi connectivity index (χ1) is 10.1. The fourth-order valence-electron chi connectivity index (χ4n) is 5.06. The number of carbonyl (C=O) groups is 1. The second kappa shape index (κ2) is 6.25. The van der Waals surface area contributed by atoms with Crippen LogP contribution in [0.5, 0.6) is 0 Å². The fourth-order valence-corrected chi connectivity index (χ4v) is 5.06. The highest BCUT2D eigenvalue weighted by atomic mass is 16.5. The Hall–Kier alpha value is -0.610. The molecule has 0 amide bonds. The number of ether oxygens (including phenoxy) is 1. The zero-order chi connectivity index (χ0) is 15.0. The molecule has 2 heterocycles. The number of rotatable bonds is 2. The third-order valence-electron chi connectivity index (χ3n) is 5.80. The van der Waals surface area contributed by atoms with E-state index in [1.807, 2.05) is 0 Å². The van der Waals surface area contributed by atoms with E-state index in [2.05, 4.69) is 18.7 Å². The van der Waals surface area contributed by atoms with Gasteiger partial charge in [0.1, 0.15) is 6.04 Å². The molecule has 0 spiro atoms. The molecule has 0 aromatic heterocycles. The molecule has 0 radical (unpaired) electrons. The lowest BCUT2D eigenvalue weighted by molar-refractivity contribution is -0.156. The topological polar surface area (TPSA) is 49.8 Å². The highest BCUT2D eigenvalue weighted by Gasteiger charge is 2.45. The van der Waals surface area contributed by atoms with Gasteiger partial charge in [-0.2, -0.15) is 0 Å². The molecule has 2 saturated heterocycles. The van der Waals surface area contributed by atoms with Gasteiger partial charge in [-0.05, 0) is 58.3 Å². The molecule has 120 valence electrons. The van der Waals surface area contributed by atoms with Crippen molar-refractivity contribution in [1.82, 2.24) is 4.90 Å². The van der Waals surface area contributed by atoms with Crippen molar-refractivity contribution < 1.29 is 14.6 Å². The molecule has 4 heteroatoms. The van der Waals surface area contributed by atoms with Gasteiger partial charge in [0.2, 0.25) is 0 Å². The summed E-state index contributed by atoms with van der Waals surface area (Å²) in [6.45, 7) is 4.25. The van der Waals surface area contributed by atoms with Crippen molar-refractivity contribution in [2.45, 2.75) is 95.5 Å². The second-order valence-corrected chi connectivity index (χ2v) is 7.37. The molecule has 2 aliphatic heterocycles. The quantitative estimate of drug-likeness (QED) is 0.850. The van der Waals surface area contributed by atoms with Crippen molar-refractivity contribution in [1.29, 1.82) is 0 Å². The first-order valence-electron chi connectivity index (χ1n) is 8.72. The van der Waals surface area contributed by atoms with Crippen LogP contribution < -0.4 is 0 Å². The predicted octanol–water partition coefficient (Wildman–Crippen LogP) is 3.05. The van der Waals surface area contributed by atoms with E-state index in [9.17, 15) is 9.90 Å². The van der Waals surface area contributed by atoms with Gasteiger partial charge in [0.25, 0.3) is 0 Å². The lowest BCUT2D eigenvalue weighted by Crippen LogP contribution is -2.60. The lowest BCUT2D eigenvalue weighted by Gasteiger charge is -2.52. The Bertz CT molecular complexity index is 376. The van der Waals surface area contributed by atoms with Gasteiger partial charge in [-0.25, -0.2) is 0 Å². The van der Waals surface area contributed by atoms with E-state index < -0.39 is 5.97 Å². The molecule has 3 rings (SSSR count). The summed E-state index contributed by atoms with van der Waals surface area (Å²) in [7, 11) is 0. The molecule has 5 atom stereocenters. The van der Waals surface area contributed by atoms with Crippen LogP contribution in [-0.4, -0.2) is 46.3 Å². The van der Waals surface area contributed by atoms with Crippen molar-refractivity contribution in [2.75, 3.05) is 0 Å². The number of hydrogen-bond donors (Lipinski definition) is 1. The van der Waals surface area contributed by atoms with E-state index in [-0.39, 0.29) is 18.2 Å². The molecular weight excluding hydrogens is 266 g/mol. The predicted molar refractivity (Wildman–Crippen MR) is 81.3 cm³/mol. The zero-order valence-corrected chi connectivity index (χ0v) is 13.3. The summed E-state index contributed by atoms with van der Waals surface area (Å²) in [5.74, 6) is 0.105. The standard InChI is InChI=1S/C17H29NO3/c1-11-9-14(10-12(2)21-11)18-15-6-4-3-5-13(15)7-8-16(18)17(19)20/h11-16H,3-10H2,1-2H3,(H,19,20). The van der Waals surface area contributed by atoms with Crippen molar-refractivity contribution >= 4 is 5.97 Å². The summed E-state index contributed by atoms with van der Waals surface area (Å²) in [6.07, 6.45) is 9.47. The highest BCUT2D eigenvalue weighted by Crippen LogP contribution is 2.41. The third-order valence-corrected chi connectivity index (χ3v) is 5.80. The summed E-state index contributed by atoms with van der Waals surface area (Å²) in [4.78, 5) is 14.2. The average Bonchev–Trinajstić information content (AvgIpc) is 2.44. The smallest absolute Gasteiger partial charge is 0.320 e. The van der Waals surface area contributed by atoms with Crippen LogP contribution in [0.2, 0.25) is 0 Å². The van der Waals surface area contributed by atoms with Gasteiger partial charge in [0.05, 0.1) is 12.2 Å². The van der Waals surface area contributed by atoms with Crippen molar-refractivity contribution in [3.8, 4) is 0 Å². The number of hydrogen-bond acceptors (Lipinski definition) is 3. The molecule has 3 aliphatic rings. The van der Waals surface area contributed by atoms with Gasteiger partial charge < -0.3 is 9.84 Å². The van der Waals surface area contributed by atoms with E-state index in [4.69, 9.17) is 4.74 Å². The Morgan fingerprint density at radius 3 is 2.38 bits per heavy atom. The molecule has 0 aromatic carbocycles. The maximum absolute atomic E-state index is 11.8. The molecule has 21 heavy (non-hydrogen) atoms. The molecule has 5 unspecified atom stereocenters. The number of nitrogens with zero attached hydrogens (tertiary/aromatic N) is 1. The zero-order valence-electron chi connectivity index (χ0n) is 13.3. The molecule has 3 fully saturated rings. The third kappa shape index (κ3) is 3.11. The molecule has 0 bridgehead atoms. The molecular formula is C17H29NO3. The largest absolute Gasteiger partial charge is 0.480 e. The first-order valence-corrected chi connectivity index (χ1v) is 8.72. The van der Waals surface area contributed by atoms with Crippen LogP contribution in [0.15, 0.2) is 0 Å². The Morgan fingerprint density at radius 1 is 1.05 bits per heavy atom. The Labute approximate surface area is 127 Å². The van der Waals surface area contributed by atoms with E-state index in [1.54, 1.807) is 0 Å². The number of aliphatic carboxylic acids is 1. The fraction of sp³-hybridized carbons (Fsp3) is 0.941. The number of carboxylic acid groups (broad SMARTS) is 1. The maximum atomic E-state index is 11.8. The summed E-state index contributed by atoms with van der Waals surface area (Å²) in [5.41, 5.74) is 0. The van der Waals surface area contributed by atoms with E-state index >= 15 is 0 Å². The van der Waals surface area contributed by atoms with Crippen LogP contribution in [0.25, 0.3) is 0 Å². The minimum Gasteiger partial charge on any atom is -0.480 e. The first kappa shape index (κ1) is 15.3. The lowest BCUT2D eigenvalue weighted by atomic mass is 9.74. The molecule has 4 nitrogen and oxygen atoms in total. The SMILES string of the molecule is CC1CC(N2C(C(=O)O)CCC3CCCCC32)CC(C)O1. The highest BCUT2D eigenvalue weighted by molar-refractivity contribution is 5.73. The Kier molecular flexibility index (Phi) is 4.55. The average molecular weight is 295 g/mol. The molecule has 0 aromatic rings. The normalized spacial score (nSPS) is 45.0. The number of carboxylic acids is 1. The monoisotopic (exact) mass is 295 g/mol. The van der Waals surface area contributed by atoms with Gasteiger partial charge in [-0.1, -0.05) is 12.8 Å². The van der Waals surface area contributed by atoms with E-state index in [1.165, 1.54) is 25.7 Å². The summed E-state index contributed by atoms with van der Waals surface area (Å²) >= 11 is 0. The maximum Gasteiger partial charge on any atom is 0.320 e. The van der Waals surface area contributed by atoms with Crippen LogP contribution in [0, 0.1) is 5.92 Å². The Balaban J connectivity index is 1.83. The van der Waals surface area contributed by atoms with Gasteiger partial charge in [0, 0.05) is 12.1 Å². The molecule has 1 saturated carbocycles. The van der Waals surface area contributed by atoms with Crippen molar-refractivity contribution in [3.63, 3.8) is 0 Å². The van der Waals surface area contributed by atoms with Gasteiger partial charge in [0.15, 0.2) is 0 Å². The van der Waals surface area contributed by atoms with Crippen LogP contribution in [0.3, 0.4) is 0 Å². The summed E-state index contributed by atoms with van der Waals surface area (Å²) < 4.78 is 5.86. The number of fused-ring (bicyclic) bond motifs is 1. The van der Waals surface area contributed by atoms with Crippen molar-refractivity contribution in [2.24, 2.45) is 5.92 Å². The molecule has 1 N–H and O–H groups in total. The van der Waals surface area contributed by atoms with Gasteiger partial charge in [-0.3, -0.25) is 9.69 Å². The van der Waals surface area contributed by atoms with Crippen LogP contribution in [0.4, 0.5) is 0 Å². The summed E-state index contributed by atoms with van der Waals surface area (Å²) in [6, 6.07) is 0.610. The summed E-state index contributed by atoms with van der Waals surface area (Å²) in [5, 5.41) is 9.69. The Morgan fingerprint density at radius 2 is 1.71 bits per heavy atom. The van der Waals surface area contributed by atoms with Gasteiger partial charge in [-0.15, -0.1) is 0 Å². The van der Waals surface area contributed by atoms with E-state index in [0.717, 1.165) is 31.6 Å². The van der Waals surface area contributed by atoms with Crippen LogP contribution >= 0.6 is 0 Å². The van der Waals surface area contributed by atoms with E-state index in [0.29, 0.717) is 12.1 Å². The number of likely N-dealkylation sites (tertiary alicyclic amines) is 1. The van der Waals surface area contributed by atoms with Crippen LogP contribution in [0.1, 0.15) is 65.2 Å². The minimum absolute atomic E-state index is 0.247. The second-order valence-electron chi connectivity index (χ2n) is 7.37. The number of piperidine rings is 1. The van der Waals surface area contributed by atoms with Gasteiger partial charge >= 0.3 is 5.97 Å².